The van der Waals surface area contributed by atoms with Gasteiger partial charge in [0.1, 0.15) is 5.82 Å². The van der Waals surface area contributed by atoms with Gasteiger partial charge in [-0.15, -0.1) is 0 Å². The molecule has 0 radical (unpaired) electrons. The highest BCUT2D eigenvalue weighted by Gasteiger charge is 2.37. The van der Waals surface area contributed by atoms with Crippen LogP contribution >= 0.6 is 0 Å². The molecule has 2 fully saturated rings. The number of morpholine rings is 1. The zero-order valence-electron chi connectivity index (χ0n) is 12.0. The van der Waals surface area contributed by atoms with E-state index in [1.165, 1.54) is 12.8 Å². The summed E-state index contributed by atoms with van der Waals surface area (Å²) in [6.45, 7) is 1.71. The Labute approximate surface area is 124 Å². The molecule has 21 heavy (non-hydrogen) atoms. The summed E-state index contributed by atoms with van der Waals surface area (Å²) in [7, 11) is 0. The molecule has 4 nitrogen and oxygen atoms in total. The Morgan fingerprint density at radius 2 is 2.10 bits per heavy atom. The van der Waals surface area contributed by atoms with Gasteiger partial charge in [0.15, 0.2) is 0 Å². The molecule has 4 heteroatoms. The van der Waals surface area contributed by atoms with E-state index in [-0.39, 0.29) is 6.61 Å². The number of rotatable bonds is 2. The van der Waals surface area contributed by atoms with E-state index in [0.29, 0.717) is 12.1 Å². The molecule has 2 atom stereocenters. The van der Waals surface area contributed by atoms with Crippen LogP contribution in [0.15, 0.2) is 30.5 Å². The largest absolute Gasteiger partial charge is 0.392 e. The van der Waals surface area contributed by atoms with E-state index in [1.807, 2.05) is 18.3 Å². The Morgan fingerprint density at radius 3 is 2.95 bits per heavy atom. The molecular formula is C17H20N2O2. The summed E-state index contributed by atoms with van der Waals surface area (Å²) in [6.07, 6.45) is 5.75. The van der Waals surface area contributed by atoms with Gasteiger partial charge in [0, 0.05) is 23.7 Å². The molecule has 2 unspecified atom stereocenters. The van der Waals surface area contributed by atoms with Crippen molar-refractivity contribution in [1.29, 1.82) is 0 Å². The third-order valence-corrected chi connectivity index (χ3v) is 4.78. The standard InChI is InChI=1S/C17H20N2O2/c20-11-12-10-18-17(14-5-2-1-4-13(12)14)19-8-9-21-16-7-3-6-15(16)19/h1-2,4-5,10,15-16,20H,3,6-9,11H2. The van der Waals surface area contributed by atoms with Gasteiger partial charge < -0.3 is 14.7 Å². The second-order valence-electron chi connectivity index (χ2n) is 5.91. The van der Waals surface area contributed by atoms with Crippen molar-refractivity contribution >= 4 is 16.6 Å². The van der Waals surface area contributed by atoms with Crippen molar-refractivity contribution in [2.75, 3.05) is 18.1 Å². The molecule has 1 aromatic heterocycles. The van der Waals surface area contributed by atoms with Crippen LogP contribution in [0.4, 0.5) is 5.82 Å². The Kier molecular flexibility index (Phi) is 3.28. The number of fused-ring (bicyclic) bond motifs is 2. The third-order valence-electron chi connectivity index (χ3n) is 4.78. The second kappa shape index (κ2) is 5.28. The maximum absolute atomic E-state index is 9.51. The highest BCUT2D eigenvalue weighted by atomic mass is 16.5. The lowest BCUT2D eigenvalue weighted by atomic mass is 10.0. The Hall–Kier alpha value is -1.65. The Bertz CT molecular complexity index is 658. The van der Waals surface area contributed by atoms with Crippen LogP contribution in [0.5, 0.6) is 0 Å². The quantitative estimate of drug-likeness (QED) is 0.920. The topological polar surface area (TPSA) is 45.6 Å². The fourth-order valence-corrected chi connectivity index (χ4v) is 3.78. The fourth-order valence-electron chi connectivity index (χ4n) is 3.78. The first-order valence-electron chi connectivity index (χ1n) is 7.74. The third kappa shape index (κ3) is 2.10. The average Bonchev–Trinajstić information content (AvgIpc) is 3.02. The number of anilines is 1. The van der Waals surface area contributed by atoms with E-state index in [9.17, 15) is 5.11 Å². The molecule has 2 aliphatic rings. The van der Waals surface area contributed by atoms with Crippen molar-refractivity contribution in [2.45, 2.75) is 38.0 Å². The van der Waals surface area contributed by atoms with Crippen molar-refractivity contribution in [3.63, 3.8) is 0 Å². The van der Waals surface area contributed by atoms with Gasteiger partial charge in [-0.2, -0.15) is 0 Å². The summed E-state index contributed by atoms with van der Waals surface area (Å²) < 4.78 is 5.90. The van der Waals surface area contributed by atoms with Crippen molar-refractivity contribution in [3.8, 4) is 0 Å². The van der Waals surface area contributed by atoms with Crippen LogP contribution in [0.1, 0.15) is 24.8 Å². The van der Waals surface area contributed by atoms with Gasteiger partial charge in [-0.25, -0.2) is 4.98 Å². The number of pyridine rings is 1. The fraction of sp³-hybridized carbons (Fsp3) is 0.471. The molecule has 0 spiro atoms. The van der Waals surface area contributed by atoms with Gasteiger partial charge in [-0.05, 0) is 24.6 Å². The first-order chi connectivity index (χ1) is 10.4. The van der Waals surface area contributed by atoms with E-state index in [1.54, 1.807) is 0 Å². The highest BCUT2D eigenvalue weighted by Crippen LogP contribution is 2.35. The van der Waals surface area contributed by atoms with Gasteiger partial charge in [0.05, 0.1) is 25.4 Å². The molecular weight excluding hydrogens is 264 g/mol. The maximum atomic E-state index is 9.51. The molecule has 2 aromatic rings. The number of nitrogens with zero attached hydrogens (tertiary/aromatic N) is 2. The zero-order valence-corrected chi connectivity index (χ0v) is 12.0. The van der Waals surface area contributed by atoms with Crippen LogP contribution in [-0.4, -0.2) is 35.4 Å². The molecule has 1 saturated heterocycles. The minimum absolute atomic E-state index is 0.0307. The van der Waals surface area contributed by atoms with E-state index >= 15 is 0 Å². The van der Waals surface area contributed by atoms with Gasteiger partial charge >= 0.3 is 0 Å². The smallest absolute Gasteiger partial charge is 0.136 e. The van der Waals surface area contributed by atoms with Crippen LogP contribution in [0.25, 0.3) is 10.8 Å². The Morgan fingerprint density at radius 1 is 1.24 bits per heavy atom. The van der Waals surface area contributed by atoms with Crippen LogP contribution in [0.2, 0.25) is 0 Å². The molecule has 1 aromatic carbocycles. The first-order valence-corrected chi connectivity index (χ1v) is 7.74. The Balaban J connectivity index is 1.83. The lowest BCUT2D eigenvalue weighted by Gasteiger charge is -2.39. The summed E-state index contributed by atoms with van der Waals surface area (Å²) in [5.74, 6) is 1.04. The van der Waals surface area contributed by atoms with E-state index in [0.717, 1.165) is 41.7 Å². The zero-order chi connectivity index (χ0) is 14.2. The van der Waals surface area contributed by atoms with Gasteiger partial charge in [0.2, 0.25) is 0 Å². The van der Waals surface area contributed by atoms with Crippen LogP contribution in [0.3, 0.4) is 0 Å². The minimum atomic E-state index is 0.0307. The molecule has 1 N–H and O–H groups in total. The molecule has 1 aliphatic carbocycles. The van der Waals surface area contributed by atoms with Gasteiger partial charge in [0.25, 0.3) is 0 Å². The maximum Gasteiger partial charge on any atom is 0.136 e. The van der Waals surface area contributed by atoms with E-state index < -0.39 is 0 Å². The van der Waals surface area contributed by atoms with Gasteiger partial charge in [-0.1, -0.05) is 24.3 Å². The molecule has 1 saturated carbocycles. The summed E-state index contributed by atoms with van der Waals surface area (Å²) >= 11 is 0. The monoisotopic (exact) mass is 284 g/mol. The van der Waals surface area contributed by atoms with Crippen molar-refractivity contribution in [1.82, 2.24) is 4.98 Å². The number of ether oxygens (including phenoxy) is 1. The molecule has 0 bridgehead atoms. The van der Waals surface area contributed by atoms with Crippen molar-refractivity contribution < 1.29 is 9.84 Å². The predicted molar refractivity (Wildman–Crippen MR) is 82.4 cm³/mol. The number of hydrogen-bond donors (Lipinski definition) is 1. The lowest BCUT2D eigenvalue weighted by molar-refractivity contribution is 0.0254. The summed E-state index contributed by atoms with van der Waals surface area (Å²) in [6, 6.07) is 8.69. The van der Waals surface area contributed by atoms with Gasteiger partial charge in [-0.3, -0.25) is 0 Å². The summed E-state index contributed by atoms with van der Waals surface area (Å²) in [4.78, 5) is 7.09. The average molecular weight is 284 g/mol. The number of aliphatic hydroxyl groups excluding tert-OH is 1. The van der Waals surface area contributed by atoms with Crippen LogP contribution in [0, 0.1) is 0 Å². The van der Waals surface area contributed by atoms with E-state index in [4.69, 9.17) is 4.74 Å². The molecule has 110 valence electrons. The number of aliphatic hydroxyl groups is 1. The summed E-state index contributed by atoms with van der Waals surface area (Å²) in [5, 5.41) is 11.8. The molecule has 1 aliphatic heterocycles. The number of hydrogen-bond acceptors (Lipinski definition) is 4. The van der Waals surface area contributed by atoms with Crippen molar-refractivity contribution in [3.05, 3.63) is 36.0 Å². The number of benzene rings is 1. The summed E-state index contributed by atoms with van der Waals surface area (Å²) in [5.41, 5.74) is 0.894. The normalized spacial score (nSPS) is 25.3. The first kappa shape index (κ1) is 13.0. The van der Waals surface area contributed by atoms with Crippen molar-refractivity contribution in [2.24, 2.45) is 0 Å². The van der Waals surface area contributed by atoms with E-state index in [2.05, 4.69) is 22.0 Å². The number of aromatic nitrogens is 1. The predicted octanol–water partition coefficient (Wildman–Crippen LogP) is 2.48. The molecule has 4 rings (SSSR count). The molecule has 2 heterocycles. The lowest BCUT2D eigenvalue weighted by Crippen LogP contribution is -2.49. The SMILES string of the molecule is OCc1cnc(N2CCOC3CCCC32)c2ccccc12. The second-order valence-corrected chi connectivity index (χ2v) is 5.91. The molecule has 0 amide bonds. The van der Waals surface area contributed by atoms with Crippen LogP contribution in [-0.2, 0) is 11.3 Å². The highest BCUT2D eigenvalue weighted by molar-refractivity contribution is 5.94. The van der Waals surface area contributed by atoms with Crippen LogP contribution < -0.4 is 4.90 Å². The minimum Gasteiger partial charge on any atom is -0.392 e.